The van der Waals surface area contributed by atoms with E-state index in [0.29, 0.717) is 5.39 Å². The van der Waals surface area contributed by atoms with E-state index in [1.54, 1.807) is 10.1 Å². The van der Waals surface area contributed by atoms with Gasteiger partial charge in [-0.15, -0.1) is 11.3 Å². The number of para-hydroxylation sites is 1. The molecule has 0 aliphatic carbocycles. The Bertz CT molecular complexity index is 1030. The summed E-state index contributed by atoms with van der Waals surface area (Å²) < 4.78 is 1.78. The molecule has 0 aliphatic heterocycles. The minimum absolute atomic E-state index is 0.0108. The molecule has 0 bridgehead atoms. The Kier molecular flexibility index (Phi) is 2.65. The van der Waals surface area contributed by atoms with Gasteiger partial charge in [0.25, 0.3) is 5.56 Å². The van der Waals surface area contributed by atoms with Gasteiger partial charge in [-0.25, -0.2) is 4.98 Å². The molecule has 0 N–H and O–H groups in total. The molecule has 0 saturated carbocycles. The lowest BCUT2D eigenvalue weighted by molar-refractivity contribution is 1.05. The number of rotatable bonds is 1. The second-order valence-electron chi connectivity index (χ2n) is 4.98. The predicted octanol–water partition coefficient (Wildman–Crippen LogP) is 3.91. The average Bonchev–Trinajstić information content (AvgIpc) is 2.99. The van der Waals surface area contributed by atoms with Crippen LogP contribution in [-0.4, -0.2) is 9.55 Å². The highest BCUT2D eigenvalue weighted by Crippen LogP contribution is 2.27. The molecule has 4 heteroatoms. The molecule has 102 valence electrons. The lowest BCUT2D eigenvalue weighted by Gasteiger charge is -2.11. The van der Waals surface area contributed by atoms with Crippen molar-refractivity contribution in [2.75, 3.05) is 0 Å². The first-order valence-electron chi connectivity index (χ1n) is 6.70. The van der Waals surface area contributed by atoms with Crippen LogP contribution < -0.4 is 5.56 Å². The van der Waals surface area contributed by atoms with Crippen molar-refractivity contribution in [1.82, 2.24) is 9.55 Å². The van der Waals surface area contributed by atoms with Gasteiger partial charge >= 0.3 is 0 Å². The fraction of sp³-hybridized carbons (Fsp3) is 0.0588. The molecule has 0 radical (unpaired) electrons. The second-order valence-corrected chi connectivity index (χ2v) is 5.81. The Balaban J connectivity index is 2.27. The number of thiazole rings is 1. The molecule has 0 fully saturated rings. The van der Waals surface area contributed by atoms with Crippen LogP contribution in [0.25, 0.3) is 26.8 Å². The molecule has 0 spiro atoms. The van der Waals surface area contributed by atoms with Gasteiger partial charge in [-0.2, -0.15) is 0 Å². The summed E-state index contributed by atoms with van der Waals surface area (Å²) in [5.41, 5.74) is 4.69. The van der Waals surface area contributed by atoms with Gasteiger partial charge < -0.3 is 0 Å². The van der Waals surface area contributed by atoms with Gasteiger partial charge in [-0.3, -0.25) is 9.36 Å². The van der Waals surface area contributed by atoms with E-state index in [9.17, 15) is 4.79 Å². The molecule has 2 aromatic carbocycles. The van der Waals surface area contributed by atoms with E-state index in [1.165, 1.54) is 11.3 Å². The molecule has 0 saturated heterocycles. The zero-order valence-corrected chi connectivity index (χ0v) is 12.2. The van der Waals surface area contributed by atoms with E-state index >= 15 is 0 Å². The third kappa shape index (κ3) is 1.73. The Morgan fingerprint density at radius 1 is 1.00 bits per heavy atom. The van der Waals surface area contributed by atoms with Crippen molar-refractivity contribution in [3.05, 3.63) is 70.0 Å². The van der Waals surface area contributed by atoms with Gasteiger partial charge in [0.15, 0.2) is 0 Å². The lowest BCUT2D eigenvalue weighted by atomic mass is 10.1. The topological polar surface area (TPSA) is 34.9 Å². The maximum absolute atomic E-state index is 12.9. The van der Waals surface area contributed by atoms with E-state index < -0.39 is 0 Å². The van der Waals surface area contributed by atoms with Gasteiger partial charge in [0.2, 0.25) is 0 Å². The van der Waals surface area contributed by atoms with Crippen molar-refractivity contribution < 1.29 is 0 Å². The van der Waals surface area contributed by atoms with Crippen LogP contribution in [0, 0.1) is 6.92 Å². The third-order valence-corrected chi connectivity index (χ3v) is 4.53. The largest absolute Gasteiger partial charge is 0.268 e. The Labute approximate surface area is 125 Å². The number of nitrogens with zero attached hydrogens (tertiary/aromatic N) is 2. The molecule has 0 amide bonds. The number of fused-ring (bicyclic) bond motifs is 3. The minimum Gasteiger partial charge on any atom is -0.268 e. The molecule has 2 heterocycles. The summed E-state index contributed by atoms with van der Waals surface area (Å²) in [7, 11) is 0. The molecule has 4 rings (SSSR count). The summed E-state index contributed by atoms with van der Waals surface area (Å²) in [6, 6.07) is 15.6. The molecule has 0 atom stereocenters. The fourth-order valence-electron chi connectivity index (χ4n) is 2.71. The van der Waals surface area contributed by atoms with Crippen LogP contribution in [0.15, 0.2) is 58.8 Å². The Hall–Kier alpha value is -2.46. The maximum Gasteiger partial charge on any atom is 0.264 e. The van der Waals surface area contributed by atoms with Crippen LogP contribution in [0.2, 0.25) is 0 Å². The summed E-state index contributed by atoms with van der Waals surface area (Å²) in [5, 5.41) is 1.63. The normalized spacial score (nSPS) is 11.3. The lowest BCUT2D eigenvalue weighted by Crippen LogP contribution is -2.19. The highest BCUT2D eigenvalue weighted by molar-refractivity contribution is 7.16. The summed E-state index contributed by atoms with van der Waals surface area (Å²) in [4.78, 5) is 18.3. The third-order valence-electron chi connectivity index (χ3n) is 3.72. The number of pyridine rings is 1. The first-order valence-corrected chi connectivity index (χ1v) is 7.58. The van der Waals surface area contributed by atoms with Gasteiger partial charge in [0.05, 0.1) is 11.2 Å². The first kappa shape index (κ1) is 12.3. The van der Waals surface area contributed by atoms with E-state index in [2.05, 4.69) is 4.98 Å². The average molecular weight is 292 g/mol. The molecular weight excluding hydrogens is 280 g/mol. The molecule has 0 aliphatic rings. The van der Waals surface area contributed by atoms with Crippen molar-refractivity contribution in [3.8, 4) is 5.69 Å². The van der Waals surface area contributed by atoms with Crippen LogP contribution in [0.4, 0.5) is 0 Å². The van der Waals surface area contributed by atoms with Crippen LogP contribution >= 0.6 is 11.3 Å². The van der Waals surface area contributed by atoms with Crippen LogP contribution in [-0.2, 0) is 0 Å². The van der Waals surface area contributed by atoms with Gasteiger partial charge in [-0.05, 0) is 24.6 Å². The highest BCUT2D eigenvalue weighted by Gasteiger charge is 2.14. The van der Waals surface area contributed by atoms with E-state index in [-0.39, 0.29) is 5.56 Å². The van der Waals surface area contributed by atoms with Gasteiger partial charge in [-0.1, -0.05) is 36.4 Å². The molecule has 4 aromatic rings. The minimum atomic E-state index is 0.0108. The zero-order chi connectivity index (χ0) is 14.4. The van der Waals surface area contributed by atoms with Crippen molar-refractivity contribution in [3.63, 3.8) is 0 Å². The monoisotopic (exact) mass is 292 g/mol. The zero-order valence-electron chi connectivity index (χ0n) is 11.4. The maximum atomic E-state index is 12.9. The second kappa shape index (κ2) is 4.53. The Morgan fingerprint density at radius 3 is 2.52 bits per heavy atom. The standard InChI is InChI=1S/C17H12N2OS/c1-11-6-2-5-9-14(11)19-16(20)13-8-4-3-7-12(13)15-17(19)21-10-18-15/h2-10H,1H3. The van der Waals surface area contributed by atoms with E-state index in [1.807, 2.05) is 55.5 Å². The first-order chi connectivity index (χ1) is 10.3. The van der Waals surface area contributed by atoms with E-state index in [0.717, 1.165) is 27.0 Å². The van der Waals surface area contributed by atoms with Crippen molar-refractivity contribution >= 4 is 32.5 Å². The van der Waals surface area contributed by atoms with Gasteiger partial charge in [0.1, 0.15) is 10.3 Å². The van der Waals surface area contributed by atoms with Crippen molar-refractivity contribution in [2.24, 2.45) is 0 Å². The summed E-state index contributed by atoms with van der Waals surface area (Å²) in [6.45, 7) is 2.02. The number of aryl methyl sites for hydroxylation is 1. The summed E-state index contributed by atoms with van der Waals surface area (Å²) in [5.74, 6) is 0. The van der Waals surface area contributed by atoms with Crippen molar-refractivity contribution in [1.29, 1.82) is 0 Å². The molecule has 2 aromatic heterocycles. The van der Waals surface area contributed by atoms with Gasteiger partial charge in [0, 0.05) is 10.8 Å². The number of hydrogen-bond donors (Lipinski definition) is 0. The quantitative estimate of drug-likeness (QED) is 0.533. The van der Waals surface area contributed by atoms with Crippen LogP contribution in [0.1, 0.15) is 5.56 Å². The summed E-state index contributed by atoms with van der Waals surface area (Å²) >= 11 is 1.50. The Morgan fingerprint density at radius 2 is 1.71 bits per heavy atom. The SMILES string of the molecule is Cc1ccccc1-n1c(=O)c2ccccc2c2ncsc21. The highest BCUT2D eigenvalue weighted by atomic mass is 32.1. The molecular formula is C17H12N2OS. The smallest absolute Gasteiger partial charge is 0.264 e. The summed E-state index contributed by atoms with van der Waals surface area (Å²) in [6.07, 6.45) is 0. The molecule has 21 heavy (non-hydrogen) atoms. The number of aromatic nitrogens is 2. The number of hydrogen-bond acceptors (Lipinski definition) is 3. The van der Waals surface area contributed by atoms with Crippen LogP contribution in [0.5, 0.6) is 0 Å². The molecule has 0 unspecified atom stereocenters. The fourth-order valence-corrected chi connectivity index (χ4v) is 3.52. The number of benzene rings is 2. The van der Waals surface area contributed by atoms with Crippen molar-refractivity contribution in [2.45, 2.75) is 6.92 Å². The predicted molar refractivity (Wildman–Crippen MR) is 87.5 cm³/mol. The van der Waals surface area contributed by atoms with E-state index in [4.69, 9.17) is 0 Å². The van der Waals surface area contributed by atoms with Crippen LogP contribution in [0.3, 0.4) is 0 Å². The molecule has 3 nitrogen and oxygen atoms in total.